The second kappa shape index (κ2) is 5.60. The van der Waals surface area contributed by atoms with E-state index in [9.17, 15) is 23.3 Å². The lowest BCUT2D eigenvalue weighted by molar-refractivity contribution is -0.384. The smallest absolute Gasteiger partial charge is 0.295 e. The summed E-state index contributed by atoms with van der Waals surface area (Å²) in [5.74, 6) is -2.78. The molecule has 0 heterocycles. The maximum absolute atomic E-state index is 13.4. The number of anilines is 1. The van der Waals surface area contributed by atoms with Crippen LogP contribution in [0.4, 0.5) is 24.5 Å². The summed E-state index contributed by atoms with van der Waals surface area (Å²) in [6.45, 7) is -0.157. The summed E-state index contributed by atoms with van der Waals surface area (Å²) in [5, 5.41) is 13.4. The summed E-state index contributed by atoms with van der Waals surface area (Å²) in [6, 6.07) is 6.61. The van der Waals surface area contributed by atoms with E-state index in [2.05, 4.69) is 5.32 Å². The minimum absolute atomic E-state index is 0.0172. The number of nitrogens with zero attached hydrogens (tertiary/aromatic N) is 1. The monoisotopic (exact) mass is 282 g/mol. The highest BCUT2D eigenvalue weighted by Gasteiger charge is 2.15. The Kier molecular flexibility index (Phi) is 3.88. The highest BCUT2D eigenvalue weighted by Crippen LogP contribution is 2.25. The molecule has 0 amide bonds. The number of benzene rings is 2. The van der Waals surface area contributed by atoms with E-state index in [1.807, 2.05) is 0 Å². The standard InChI is InChI=1S/C13H9F3N2O2/c14-9-4-5-11(12(6-9)18(19)20)17-7-8-2-1-3-10(15)13(8)16/h1-6,17H,7H2. The Balaban J connectivity index is 2.23. The van der Waals surface area contributed by atoms with Gasteiger partial charge in [0.2, 0.25) is 0 Å². The van der Waals surface area contributed by atoms with Crippen molar-refractivity contribution in [2.45, 2.75) is 6.54 Å². The molecule has 0 atom stereocenters. The first kappa shape index (κ1) is 13.9. The van der Waals surface area contributed by atoms with Crippen LogP contribution >= 0.6 is 0 Å². The van der Waals surface area contributed by atoms with Gasteiger partial charge in [-0.25, -0.2) is 13.2 Å². The van der Waals surface area contributed by atoms with E-state index in [-0.39, 0.29) is 17.8 Å². The van der Waals surface area contributed by atoms with E-state index in [0.29, 0.717) is 0 Å². The lowest BCUT2D eigenvalue weighted by Crippen LogP contribution is -2.05. The SMILES string of the molecule is O=[N+]([O-])c1cc(F)ccc1NCc1cccc(F)c1F. The van der Waals surface area contributed by atoms with Crippen LogP contribution in [0.25, 0.3) is 0 Å². The zero-order valence-electron chi connectivity index (χ0n) is 10.1. The van der Waals surface area contributed by atoms with Crippen molar-refractivity contribution >= 4 is 11.4 Å². The van der Waals surface area contributed by atoms with Gasteiger partial charge in [-0.3, -0.25) is 10.1 Å². The van der Waals surface area contributed by atoms with E-state index in [1.165, 1.54) is 18.2 Å². The maximum Gasteiger partial charge on any atom is 0.295 e. The molecule has 0 saturated carbocycles. The molecule has 0 aliphatic carbocycles. The van der Waals surface area contributed by atoms with Gasteiger partial charge in [0.15, 0.2) is 11.6 Å². The molecule has 0 radical (unpaired) electrons. The fourth-order valence-electron chi connectivity index (χ4n) is 1.68. The summed E-state index contributed by atoms with van der Waals surface area (Å²) < 4.78 is 39.4. The molecule has 20 heavy (non-hydrogen) atoms. The van der Waals surface area contributed by atoms with E-state index in [1.54, 1.807) is 0 Å². The summed E-state index contributed by atoms with van der Waals surface area (Å²) in [4.78, 5) is 10.0. The molecule has 7 heteroatoms. The van der Waals surface area contributed by atoms with E-state index < -0.39 is 28.1 Å². The number of halogens is 3. The normalized spacial score (nSPS) is 10.3. The molecular formula is C13H9F3N2O2. The number of nitro groups is 1. The molecule has 1 N–H and O–H groups in total. The van der Waals surface area contributed by atoms with Crippen LogP contribution in [0.2, 0.25) is 0 Å². The van der Waals surface area contributed by atoms with E-state index in [0.717, 1.165) is 18.2 Å². The fraction of sp³-hybridized carbons (Fsp3) is 0.0769. The molecule has 2 aromatic carbocycles. The topological polar surface area (TPSA) is 55.2 Å². The predicted octanol–water partition coefficient (Wildman–Crippen LogP) is 3.62. The van der Waals surface area contributed by atoms with E-state index in [4.69, 9.17) is 0 Å². The lowest BCUT2D eigenvalue weighted by atomic mass is 10.2. The van der Waals surface area contributed by atoms with Crippen LogP contribution in [-0.2, 0) is 6.54 Å². The third-order valence-corrected chi connectivity index (χ3v) is 2.66. The maximum atomic E-state index is 13.4. The summed E-state index contributed by atoms with van der Waals surface area (Å²) in [5.41, 5.74) is -0.425. The second-order valence-corrected chi connectivity index (χ2v) is 3.99. The van der Waals surface area contributed by atoms with Crippen LogP contribution in [0, 0.1) is 27.6 Å². The Morgan fingerprint density at radius 2 is 1.90 bits per heavy atom. The van der Waals surface area contributed by atoms with Crippen LogP contribution in [0.5, 0.6) is 0 Å². The van der Waals surface area contributed by atoms with Gasteiger partial charge in [-0.2, -0.15) is 0 Å². The molecule has 0 aromatic heterocycles. The minimum Gasteiger partial charge on any atom is -0.375 e. The molecule has 0 fully saturated rings. The zero-order chi connectivity index (χ0) is 14.7. The molecule has 4 nitrogen and oxygen atoms in total. The molecule has 2 aromatic rings. The van der Waals surface area contributed by atoms with Crippen LogP contribution in [-0.4, -0.2) is 4.92 Å². The summed E-state index contributed by atoms with van der Waals surface area (Å²) in [7, 11) is 0. The van der Waals surface area contributed by atoms with Crippen molar-refractivity contribution < 1.29 is 18.1 Å². The Labute approximate surface area is 112 Å². The zero-order valence-corrected chi connectivity index (χ0v) is 10.1. The number of rotatable bonds is 4. The van der Waals surface area contributed by atoms with Crippen LogP contribution in [0.15, 0.2) is 36.4 Å². The molecule has 0 unspecified atom stereocenters. The average Bonchev–Trinajstić information content (AvgIpc) is 2.41. The Morgan fingerprint density at radius 3 is 2.60 bits per heavy atom. The highest BCUT2D eigenvalue weighted by atomic mass is 19.2. The van der Waals surface area contributed by atoms with Crippen molar-refractivity contribution in [2.75, 3.05) is 5.32 Å². The van der Waals surface area contributed by atoms with Crippen molar-refractivity contribution in [3.63, 3.8) is 0 Å². The molecule has 0 saturated heterocycles. The van der Waals surface area contributed by atoms with Crippen LogP contribution < -0.4 is 5.32 Å². The van der Waals surface area contributed by atoms with Gasteiger partial charge in [0.1, 0.15) is 11.5 Å². The average molecular weight is 282 g/mol. The molecule has 0 bridgehead atoms. The minimum atomic E-state index is -1.02. The summed E-state index contributed by atoms with van der Waals surface area (Å²) in [6.07, 6.45) is 0. The van der Waals surface area contributed by atoms with Crippen LogP contribution in [0.1, 0.15) is 5.56 Å². The first-order valence-electron chi connectivity index (χ1n) is 5.59. The predicted molar refractivity (Wildman–Crippen MR) is 66.7 cm³/mol. The largest absolute Gasteiger partial charge is 0.375 e. The molecule has 0 aliphatic heterocycles. The second-order valence-electron chi connectivity index (χ2n) is 3.99. The number of hydrogen-bond acceptors (Lipinski definition) is 3. The van der Waals surface area contributed by atoms with Gasteiger partial charge in [0.05, 0.1) is 11.0 Å². The highest BCUT2D eigenvalue weighted by molar-refractivity contribution is 5.61. The lowest BCUT2D eigenvalue weighted by Gasteiger charge is -2.08. The number of nitro benzene ring substituents is 1. The fourth-order valence-corrected chi connectivity index (χ4v) is 1.68. The van der Waals surface area contributed by atoms with Crippen LogP contribution in [0.3, 0.4) is 0 Å². The van der Waals surface area contributed by atoms with Crippen molar-refractivity contribution in [1.29, 1.82) is 0 Å². The molecule has 0 aliphatic rings. The third kappa shape index (κ3) is 2.87. The molecular weight excluding hydrogens is 273 g/mol. The van der Waals surface area contributed by atoms with Gasteiger partial charge in [-0.1, -0.05) is 12.1 Å². The van der Waals surface area contributed by atoms with Gasteiger partial charge in [0, 0.05) is 12.1 Å². The Bertz CT molecular complexity index is 662. The molecule has 2 rings (SSSR count). The number of nitrogens with one attached hydrogen (secondary N) is 1. The third-order valence-electron chi connectivity index (χ3n) is 2.66. The number of hydrogen-bond donors (Lipinski definition) is 1. The van der Waals surface area contributed by atoms with Gasteiger partial charge >= 0.3 is 0 Å². The summed E-state index contributed by atoms with van der Waals surface area (Å²) >= 11 is 0. The van der Waals surface area contributed by atoms with Gasteiger partial charge in [0.25, 0.3) is 5.69 Å². The van der Waals surface area contributed by atoms with Gasteiger partial charge in [-0.05, 0) is 18.2 Å². The van der Waals surface area contributed by atoms with Crippen molar-refractivity contribution in [3.05, 3.63) is 69.5 Å². The van der Waals surface area contributed by atoms with Gasteiger partial charge in [-0.15, -0.1) is 0 Å². The quantitative estimate of drug-likeness (QED) is 0.688. The Hall–Kier alpha value is -2.57. The first-order valence-corrected chi connectivity index (χ1v) is 5.59. The molecule has 104 valence electrons. The molecule has 0 spiro atoms. The van der Waals surface area contributed by atoms with Crippen molar-refractivity contribution in [3.8, 4) is 0 Å². The van der Waals surface area contributed by atoms with Crippen molar-refractivity contribution in [2.24, 2.45) is 0 Å². The Morgan fingerprint density at radius 1 is 1.15 bits per heavy atom. The van der Waals surface area contributed by atoms with Gasteiger partial charge < -0.3 is 5.32 Å². The first-order chi connectivity index (χ1) is 9.49. The van der Waals surface area contributed by atoms with Crippen molar-refractivity contribution in [1.82, 2.24) is 0 Å². The van der Waals surface area contributed by atoms with E-state index >= 15 is 0 Å².